The van der Waals surface area contributed by atoms with Crippen molar-refractivity contribution in [3.05, 3.63) is 106 Å². The highest BCUT2D eigenvalue weighted by molar-refractivity contribution is 6.30. The number of benzene rings is 3. The van der Waals surface area contributed by atoms with Crippen LogP contribution >= 0.6 is 11.6 Å². The lowest BCUT2D eigenvalue weighted by Gasteiger charge is -2.07. The van der Waals surface area contributed by atoms with Crippen LogP contribution in [0.25, 0.3) is 6.08 Å². The van der Waals surface area contributed by atoms with Gasteiger partial charge in [0.1, 0.15) is 24.0 Å². The molecule has 0 atom stereocenters. The van der Waals surface area contributed by atoms with Crippen molar-refractivity contribution in [2.24, 2.45) is 0 Å². The Kier molecular flexibility index (Phi) is 7.05. The molecule has 0 aromatic heterocycles. The Labute approximate surface area is 175 Å². The zero-order chi connectivity index (χ0) is 20.5. The highest BCUT2D eigenvalue weighted by atomic mass is 35.5. The molecule has 0 aliphatic rings. The third-order valence-electron chi connectivity index (χ3n) is 4.15. The largest absolute Gasteiger partial charge is 0.489 e. The summed E-state index contributed by atoms with van der Waals surface area (Å²) >= 11 is 5.86. The van der Waals surface area contributed by atoms with Gasteiger partial charge in [0.2, 0.25) is 0 Å². The number of nitrogens with one attached hydrogen (secondary N) is 1. The maximum Gasteiger partial charge on any atom is 0.262 e. The Bertz CT molecular complexity index is 1040. The molecular formula is C24H19ClN2O2. The van der Waals surface area contributed by atoms with Gasteiger partial charge in [-0.05, 0) is 47.0 Å². The van der Waals surface area contributed by atoms with E-state index in [1.54, 1.807) is 24.3 Å². The monoisotopic (exact) mass is 402 g/mol. The highest BCUT2D eigenvalue weighted by Crippen LogP contribution is 2.17. The smallest absolute Gasteiger partial charge is 0.262 e. The number of carbonyl (C=O) groups is 1. The highest BCUT2D eigenvalue weighted by Gasteiger charge is 2.09. The normalized spacial score (nSPS) is 10.8. The number of hydrogen-bond acceptors (Lipinski definition) is 3. The van der Waals surface area contributed by atoms with E-state index in [1.807, 2.05) is 66.7 Å². The number of ether oxygens (including phenoxy) is 1. The Balaban J connectivity index is 1.64. The summed E-state index contributed by atoms with van der Waals surface area (Å²) in [5.41, 5.74) is 2.71. The molecule has 0 heterocycles. The van der Waals surface area contributed by atoms with Crippen molar-refractivity contribution in [2.75, 3.05) is 0 Å². The predicted octanol–water partition coefficient (Wildman–Crippen LogP) is 5.14. The fraction of sp³-hybridized carbons (Fsp3) is 0.0833. The first kappa shape index (κ1) is 20.2. The van der Waals surface area contributed by atoms with Gasteiger partial charge in [-0.25, -0.2) is 0 Å². The minimum atomic E-state index is -0.432. The molecule has 0 unspecified atom stereocenters. The summed E-state index contributed by atoms with van der Waals surface area (Å²) in [6, 6.07) is 26.3. The van der Waals surface area contributed by atoms with Crippen LogP contribution in [-0.2, 0) is 17.9 Å². The third-order valence-corrected chi connectivity index (χ3v) is 4.40. The fourth-order valence-electron chi connectivity index (χ4n) is 2.63. The van der Waals surface area contributed by atoms with Gasteiger partial charge in [0.25, 0.3) is 5.91 Å². The molecule has 0 spiro atoms. The molecule has 0 saturated carbocycles. The molecule has 29 heavy (non-hydrogen) atoms. The maximum absolute atomic E-state index is 12.4. The molecule has 0 saturated heterocycles. The van der Waals surface area contributed by atoms with Crippen molar-refractivity contribution >= 4 is 23.6 Å². The average molecular weight is 403 g/mol. The average Bonchev–Trinajstić information content (AvgIpc) is 2.76. The lowest BCUT2D eigenvalue weighted by molar-refractivity contribution is -0.117. The Morgan fingerprint density at radius 2 is 1.76 bits per heavy atom. The molecule has 1 amide bonds. The minimum Gasteiger partial charge on any atom is -0.489 e. The van der Waals surface area contributed by atoms with Gasteiger partial charge in [-0.1, -0.05) is 66.2 Å². The fourth-order valence-corrected chi connectivity index (χ4v) is 2.76. The van der Waals surface area contributed by atoms with Gasteiger partial charge in [0, 0.05) is 11.6 Å². The lowest BCUT2D eigenvalue weighted by Crippen LogP contribution is -2.23. The summed E-state index contributed by atoms with van der Waals surface area (Å²) in [6.45, 7) is 0.760. The van der Waals surface area contributed by atoms with E-state index in [2.05, 4.69) is 5.32 Å². The zero-order valence-electron chi connectivity index (χ0n) is 15.6. The van der Waals surface area contributed by atoms with Gasteiger partial charge in [0.15, 0.2) is 0 Å². The van der Waals surface area contributed by atoms with Crippen LogP contribution in [0, 0.1) is 11.3 Å². The van der Waals surface area contributed by atoms with E-state index in [4.69, 9.17) is 16.3 Å². The molecule has 0 aliphatic heterocycles. The van der Waals surface area contributed by atoms with Gasteiger partial charge < -0.3 is 10.1 Å². The van der Waals surface area contributed by atoms with Crippen LogP contribution < -0.4 is 10.1 Å². The quantitative estimate of drug-likeness (QED) is 0.439. The molecule has 5 heteroatoms. The summed E-state index contributed by atoms with van der Waals surface area (Å²) in [6.07, 6.45) is 1.55. The molecule has 3 aromatic rings. The molecular weight excluding hydrogens is 384 g/mol. The van der Waals surface area contributed by atoms with Crippen molar-refractivity contribution < 1.29 is 9.53 Å². The lowest BCUT2D eigenvalue weighted by atomic mass is 10.1. The van der Waals surface area contributed by atoms with Gasteiger partial charge >= 0.3 is 0 Å². The zero-order valence-corrected chi connectivity index (χ0v) is 16.4. The maximum atomic E-state index is 12.4. The van der Waals surface area contributed by atoms with E-state index >= 15 is 0 Å². The number of carbonyl (C=O) groups excluding carboxylic acids is 1. The molecule has 0 bridgehead atoms. The molecule has 4 nitrogen and oxygen atoms in total. The molecule has 144 valence electrons. The SMILES string of the molecule is N#C/C(=C/c1cccc(OCc2ccccc2)c1)C(=O)NCc1ccc(Cl)cc1. The molecule has 0 fully saturated rings. The summed E-state index contributed by atoms with van der Waals surface area (Å²) in [5.74, 6) is 0.236. The van der Waals surface area contributed by atoms with Crippen molar-refractivity contribution in [2.45, 2.75) is 13.2 Å². The van der Waals surface area contributed by atoms with Gasteiger partial charge in [-0.2, -0.15) is 5.26 Å². The Morgan fingerprint density at radius 3 is 2.48 bits per heavy atom. The molecule has 0 radical (unpaired) electrons. The topological polar surface area (TPSA) is 62.1 Å². The van der Waals surface area contributed by atoms with E-state index in [0.717, 1.165) is 11.1 Å². The number of rotatable bonds is 7. The number of hydrogen-bond donors (Lipinski definition) is 1. The standard InChI is InChI=1S/C24H19ClN2O2/c25-22-11-9-18(10-12-22)16-27-24(28)21(15-26)13-20-7-4-8-23(14-20)29-17-19-5-2-1-3-6-19/h1-14H,16-17H2,(H,27,28)/b21-13-. The summed E-state index contributed by atoms with van der Waals surface area (Å²) < 4.78 is 5.80. The molecule has 1 N–H and O–H groups in total. The third kappa shape index (κ3) is 6.24. The van der Waals surface area contributed by atoms with Crippen molar-refractivity contribution in [3.8, 4) is 11.8 Å². The van der Waals surface area contributed by atoms with E-state index in [1.165, 1.54) is 0 Å². The van der Waals surface area contributed by atoms with Crippen LogP contribution in [0.4, 0.5) is 0 Å². The first-order chi connectivity index (χ1) is 14.1. The van der Waals surface area contributed by atoms with E-state index < -0.39 is 5.91 Å². The van der Waals surface area contributed by atoms with Crippen LogP contribution in [-0.4, -0.2) is 5.91 Å². The van der Waals surface area contributed by atoms with Gasteiger partial charge in [-0.15, -0.1) is 0 Å². The first-order valence-electron chi connectivity index (χ1n) is 9.05. The van der Waals surface area contributed by atoms with E-state index in [9.17, 15) is 10.1 Å². The van der Waals surface area contributed by atoms with Gasteiger partial charge in [0.05, 0.1) is 0 Å². The van der Waals surface area contributed by atoms with Crippen molar-refractivity contribution in [1.29, 1.82) is 5.26 Å². The summed E-state index contributed by atoms with van der Waals surface area (Å²) in [4.78, 5) is 12.4. The summed E-state index contributed by atoms with van der Waals surface area (Å²) in [5, 5.41) is 12.8. The van der Waals surface area contributed by atoms with Crippen LogP contribution in [0.3, 0.4) is 0 Å². The van der Waals surface area contributed by atoms with Crippen LogP contribution in [0.15, 0.2) is 84.4 Å². The van der Waals surface area contributed by atoms with Crippen molar-refractivity contribution in [1.82, 2.24) is 5.32 Å². The second kappa shape index (κ2) is 10.1. The Morgan fingerprint density at radius 1 is 1.00 bits per heavy atom. The van der Waals surface area contributed by atoms with Crippen molar-refractivity contribution in [3.63, 3.8) is 0 Å². The number of nitrogens with zero attached hydrogens (tertiary/aromatic N) is 1. The van der Waals surface area contributed by atoms with Crippen LogP contribution in [0.5, 0.6) is 5.75 Å². The van der Waals surface area contributed by atoms with E-state index in [-0.39, 0.29) is 5.57 Å². The molecule has 3 rings (SSSR count). The van der Waals surface area contributed by atoms with E-state index in [0.29, 0.717) is 29.5 Å². The molecule has 0 aliphatic carbocycles. The second-order valence-electron chi connectivity index (χ2n) is 6.33. The van der Waals surface area contributed by atoms with Crippen LogP contribution in [0.2, 0.25) is 5.02 Å². The van der Waals surface area contributed by atoms with Gasteiger partial charge in [-0.3, -0.25) is 4.79 Å². The van der Waals surface area contributed by atoms with Crippen LogP contribution in [0.1, 0.15) is 16.7 Å². The second-order valence-corrected chi connectivity index (χ2v) is 6.76. The minimum absolute atomic E-state index is 0.0270. The predicted molar refractivity (Wildman–Crippen MR) is 114 cm³/mol. The summed E-state index contributed by atoms with van der Waals surface area (Å²) in [7, 11) is 0. The molecule has 3 aromatic carbocycles. The Hall–Kier alpha value is -3.55. The first-order valence-corrected chi connectivity index (χ1v) is 9.43. The number of halogens is 1. The number of amides is 1. The number of nitriles is 1.